The van der Waals surface area contributed by atoms with E-state index < -0.39 is 0 Å². The van der Waals surface area contributed by atoms with Crippen LogP contribution in [-0.2, 0) is 13.2 Å². The van der Waals surface area contributed by atoms with Crippen molar-refractivity contribution < 1.29 is 4.74 Å². The fraction of sp³-hybridized carbons (Fsp3) is 0.267. The number of hydrogen-bond acceptors (Lipinski definition) is 3. The third kappa shape index (κ3) is 3.86. The molecule has 1 aromatic heterocycles. The number of benzene rings is 1. The molecular weight excluding hydrogens is 224 g/mol. The first-order valence-electron chi connectivity index (χ1n) is 6.20. The Bertz CT molecular complexity index is 471. The standard InChI is InChI=1S/C15H18N2O/c1-2-16-10-13-5-3-6-14(9-13)12-18-15-7-4-8-17-11-15/h3-9,11,16H,2,10,12H2,1H3. The molecule has 0 aliphatic rings. The topological polar surface area (TPSA) is 34.1 Å². The van der Waals surface area contributed by atoms with Crippen molar-refractivity contribution in [1.82, 2.24) is 10.3 Å². The summed E-state index contributed by atoms with van der Waals surface area (Å²) >= 11 is 0. The highest BCUT2D eigenvalue weighted by Crippen LogP contribution is 2.11. The van der Waals surface area contributed by atoms with Gasteiger partial charge in [-0.3, -0.25) is 4.98 Å². The van der Waals surface area contributed by atoms with Crippen molar-refractivity contribution in [3.8, 4) is 5.75 Å². The Morgan fingerprint density at radius 3 is 2.83 bits per heavy atom. The van der Waals surface area contributed by atoms with Gasteiger partial charge >= 0.3 is 0 Å². The number of ether oxygens (including phenoxy) is 1. The molecule has 0 saturated carbocycles. The molecule has 1 aromatic carbocycles. The van der Waals surface area contributed by atoms with Gasteiger partial charge in [0.1, 0.15) is 12.4 Å². The molecule has 1 N–H and O–H groups in total. The Labute approximate surface area is 108 Å². The van der Waals surface area contributed by atoms with Crippen LogP contribution < -0.4 is 10.1 Å². The Hall–Kier alpha value is -1.87. The molecule has 2 aromatic rings. The Morgan fingerprint density at radius 2 is 2.06 bits per heavy atom. The monoisotopic (exact) mass is 242 g/mol. The summed E-state index contributed by atoms with van der Waals surface area (Å²) in [6, 6.07) is 12.2. The van der Waals surface area contributed by atoms with Gasteiger partial charge in [0, 0.05) is 12.7 Å². The first-order chi connectivity index (χ1) is 8.88. The van der Waals surface area contributed by atoms with E-state index in [2.05, 4.69) is 41.5 Å². The number of nitrogens with zero attached hydrogens (tertiary/aromatic N) is 1. The van der Waals surface area contributed by atoms with E-state index in [4.69, 9.17) is 4.74 Å². The highest BCUT2D eigenvalue weighted by atomic mass is 16.5. The van der Waals surface area contributed by atoms with Crippen LogP contribution in [0.2, 0.25) is 0 Å². The SMILES string of the molecule is CCNCc1cccc(COc2cccnc2)c1. The molecule has 18 heavy (non-hydrogen) atoms. The highest BCUT2D eigenvalue weighted by molar-refractivity contribution is 5.24. The lowest BCUT2D eigenvalue weighted by atomic mass is 10.1. The predicted molar refractivity (Wildman–Crippen MR) is 72.4 cm³/mol. The van der Waals surface area contributed by atoms with Crippen LogP contribution in [0.3, 0.4) is 0 Å². The van der Waals surface area contributed by atoms with Gasteiger partial charge in [-0.05, 0) is 29.8 Å². The van der Waals surface area contributed by atoms with Crippen LogP contribution in [0.25, 0.3) is 0 Å². The second-order valence-corrected chi connectivity index (χ2v) is 4.08. The van der Waals surface area contributed by atoms with E-state index >= 15 is 0 Å². The lowest BCUT2D eigenvalue weighted by Gasteiger charge is -2.08. The third-order valence-electron chi connectivity index (χ3n) is 2.61. The molecule has 0 bridgehead atoms. The van der Waals surface area contributed by atoms with Crippen LogP contribution in [-0.4, -0.2) is 11.5 Å². The van der Waals surface area contributed by atoms with Crippen molar-refractivity contribution in [3.05, 3.63) is 59.9 Å². The summed E-state index contributed by atoms with van der Waals surface area (Å²) in [6.07, 6.45) is 3.46. The number of nitrogens with one attached hydrogen (secondary N) is 1. The van der Waals surface area contributed by atoms with E-state index in [0.717, 1.165) is 18.8 Å². The van der Waals surface area contributed by atoms with Crippen LogP contribution in [0.4, 0.5) is 0 Å². The van der Waals surface area contributed by atoms with Crippen LogP contribution in [0.1, 0.15) is 18.1 Å². The smallest absolute Gasteiger partial charge is 0.138 e. The molecular formula is C15H18N2O. The number of aromatic nitrogens is 1. The van der Waals surface area contributed by atoms with Crippen molar-refractivity contribution >= 4 is 0 Å². The summed E-state index contributed by atoms with van der Waals surface area (Å²) in [6.45, 7) is 4.56. The lowest BCUT2D eigenvalue weighted by Crippen LogP contribution is -2.11. The minimum absolute atomic E-state index is 0.575. The zero-order chi connectivity index (χ0) is 12.6. The molecule has 0 spiro atoms. The maximum absolute atomic E-state index is 5.67. The molecule has 0 atom stereocenters. The summed E-state index contributed by atoms with van der Waals surface area (Å²) < 4.78 is 5.67. The fourth-order valence-electron chi connectivity index (χ4n) is 1.70. The molecule has 1 heterocycles. The minimum atomic E-state index is 0.575. The van der Waals surface area contributed by atoms with Crippen molar-refractivity contribution in [2.75, 3.05) is 6.54 Å². The molecule has 0 unspecified atom stereocenters. The van der Waals surface area contributed by atoms with Crippen LogP contribution in [0, 0.1) is 0 Å². The molecule has 0 radical (unpaired) electrons. The average Bonchev–Trinajstić information content (AvgIpc) is 2.44. The summed E-state index contributed by atoms with van der Waals surface area (Å²) in [4.78, 5) is 4.02. The van der Waals surface area contributed by atoms with Crippen LogP contribution in [0.15, 0.2) is 48.8 Å². The molecule has 0 saturated heterocycles. The molecule has 3 nitrogen and oxygen atoms in total. The largest absolute Gasteiger partial charge is 0.487 e. The zero-order valence-corrected chi connectivity index (χ0v) is 10.6. The molecule has 2 rings (SSSR count). The molecule has 94 valence electrons. The van der Waals surface area contributed by atoms with Crippen LogP contribution >= 0.6 is 0 Å². The van der Waals surface area contributed by atoms with E-state index in [0.29, 0.717) is 6.61 Å². The first-order valence-corrected chi connectivity index (χ1v) is 6.20. The van der Waals surface area contributed by atoms with Crippen molar-refractivity contribution in [2.45, 2.75) is 20.1 Å². The van der Waals surface area contributed by atoms with Crippen molar-refractivity contribution in [3.63, 3.8) is 0 Å². The summed E-state index contributed by atoms with van der Waals surface area (Å²) in [5.74, 6) is 0.801. The van der Waals surface area contributed by atoms with Gasteiger partial charge < -0.3 is 10.1 Å². The van der Waals surface area contributed by atoms with E-state index in [9.17, 15) is 0 Å². The van der Waals surface area contributed by atoms with Gasteiger partial charge in [-0.1, -0.05) is 31.2 Å². The second-order valence-electron chi connectivity index (χ2n) is 4.08. The van der Waals surface area contributed by atoms with Gasteiger partial charge in [0.2, 0.25) is 0 Å². The lowest BCUT2D eigenvalue weighted by molar-refractivity contribution is 0.305. The molecule has 0 fully saturated rings. The maximum Gasteiger partial charge on any atom is 0.138 e. The minimum Gasteiger partial charge on any atom is -0.487 e. The van der Waals surface area contributed by atoms with Gasteiger partial charge in [-0.2, -0.15) is 0 Å². The normalized spacial score (nSPS) is 10.3. The Kier molecular flexibility index (Phi) is 4.73. The van der Waals surface area contributed by atoms with Crippen LogP contribution in [0.5, 0.6) is 5.75 Å². The van der Waals surface area contributed by atoms with E-state index in [1.54, 1.807) is 12.4 Å². The second kappa shape index (κ2) is 6.77. The number of pyridine rings is 1. The summed E-state index contributed by atoms with van der Waals surface area (Å²) in [5, 5.41) is 3.31. The molecule has 3 heteroatoms. The fourth-order valence-corrected chi connectivity index (χ4v) is 1.70. The van der Waals surface area contributed by atoms with E-state index in [1.807, 2.05) is 12.1 Å². The van der Waals surface area contributed by atoms with E-state index in [-0.39, 0.29) is 0 Å². The Morgan fingerprint density at radius 1 is 1.17 bits per heavy atom. The number of rotatable bonds is 6. The zero-order valence-electron chi connectivity index (χ0n) is 10.6. The van der Waals surface area contributed by atoms with E-state index in [1.165, 1.54) is 11.1 Å². The first kappa shape index (κ1) is 12.6. The van der Waals surface area contributed by atoms with Gasteiger partial charge in [-0.25, -0.2) is 0 Å². The average molecular weight is 242 g/mol. The predicted octanol–water partition coefficient (Wildman–Crippen LogP) is 2.77. The maximum atomic E-state index is 5.67. The Balaban J connectivity index is 1.93. The quantitative estimate of drug-likeness (QED) is 0.845. The van der Waals surface area contributed by atoms with Gasteiger partial charge in [0.05, 0.1) is 6.20 Å². The molecule has 0 amide bonds. The van der Waals surface area contributed by atoms with Crippen molar-refractivity contribution in [1.29, 1.82) is 0 Å². The summed E-state index contributed by atoms with van der Waals surface area (Å²) in [5.41, 5.74) is 2.46. The highest BCUT2D eigenvalue weighted by Gasteiger charge is 1.98. The van der Waals surface area contributed by atoms with Gasteiger partial charge in [0.15, 0.2) is 0 Å². The third-order valence-corrected chi connectivity index (χ3v) is 2.61. The van der Waals surface area contributed by atoms with Crippen molar-refractivity contribution in [2.24, 2.45) is 0 Å². The number of hydrogen-bond donors (Lipinski definition) is 1. The van der Waals surface area contributed by atoms with Gasteiger partial charge in [-0.15, -0.1) is 0 Å². The molecule has 0 aliphatic carbocycles. The van der Waals surface area contributed by atoms with Gasteiger partial charge in [0.25, 0.3) is 0 Å². The summed E-state index contributed by atoms with van der Waals surface area (Å²) in [7, 11) is 0. The molecule has 0 aliphatic heterocycles.